The molecule has 0 spiro atoms. The number of fused-ring (bicyclic) bond motifs is 1. The number of nitrogens with one attached hydrogen (secondary N) is 3. The number of carbonyl (C=O) groups excluding carboxylic acids is 1. The first-order valence-corrected chi connectivity index (χ1v) is 12.7. The zero-order valence-corrected chi connectivity index (χ0v) is 20.6. The highest BCUT2D eigenvalue weighted by Crippen LogP contribution is 2.28. The van der Waals surface area contributed by atoms with Crippen LogP contribution in [0.25, 0.3) is 10.9 Å². The van der Waals surface area contributed by atoms with Gasteiger partial charge in [0.1, 0.15) is 11.3 Å². The quantitative estimate of drug-likeness (QED) is 0.320. The van der Waals surface area contributed by atoms with Gasteiger partial charge in [0.15, 0.2) is 5.15 Å². The third kappa shape index (κ3) is 5.83. The molecule has 36 heavy (non-hydrogen) atoms. The highest BCUT2D eigenvalue weighted by molar-refractivity contribution is 6.33. The van der Waals surface area contributed by atoms with Crippen LogP contribution >= 0.6 is 11.6 Å². The average molecular weight is 512 g/mol. The van der Waals surface area contributed by atoms with Gasteiger partial charge in [0, 0.05) is 42.1 Å². The molecule has 4 N–H and O–H groups in total. The van der Waals surface area contributed by atoms with Gasteiger partial charge in [-0.15, -0.1) is 0 Å². The molecule has 11 heteroatoms. The van der Waals surface area contributed by atoms with E-state index in [2.05, 4.69) is 35.9 Å². The number of amides is 1. The Morgan fingerprint density at radius 1 is 1.08 bits per heavy atom. The van der Waals surface area contributed by atoms with Crippen molar-refractivity contribution in [2.24, 2.45) is 5.92 Å². The number of halogens is 1. The number of hydrogen-bond acceptors (Lipinski definition) is 9. The Kier molecular flexibility index (Phi) is 7.74. The second-order valence-electron chi connectivity index (χ2n) is 9.43. The number of aliphatic hydroxyl groups excluding tert-OH is 1. The number of hydrogen-bond donors (Lipinski definition) is 4. The Balaban J connectivity index is 1.08. The maximum atomic E-state index is 12.4. The van der Waals surface area contributed by atoms with E-state index in [1.165, 1.54) is 0 Å². The third-order valence-corrected chi connectivity index (χ3v) is 7.15. The molecule has 1 saturated carbocycles. The number of ether oxygens (including phenoxy) is 1. The molecule has 10 nitrogen and oxygen atoms in total. The molecule has 2 fully saturated rings. The van der Waals surface area contributed by atoms with E-state index in [0.29, 0.717) is 47.4 Å². The van der Waals surface area contributed by atoms with Gasteiger partial charge in [-0.25, -0.2) is 19.9 Å². The second kappa shape index (κ2) is 11.3. The van der Waals surface area contributed by atoms with E-state index in [4.69, 9.17) is 16.3 Å². The summed E-state index contributed by atoms with van der Waals surface area (Å²) in [6, 6.07) is 6.28. The summed E-state index contributed by atoms with van der Waals surface area (Å²) in [5, 5.41) is 20.8. The van der Waals surface area contributed by atoms with Crippen molar-refractivity contribution in [3.8, 4) is 0 Å². The van der Waals surface area contributed by atoms with E-state index >= 15 is 0 Å². The first kappa shape index (κ1) is 24.6. The van der Waals surface area contributed by atoms with Crippen LogP contribution in [0.5, 0.6) is 0 Å². The van der Waals surface area contributed by atoms with Crippen LogP contribution in [0.1, 0.15) is 37.2 Å². The van der Waals surface area contributed by atoms with Gasteiger partial charge in [0.2, 0.25) is 11.9 Å². The predicted molar refractivity (Wildman–Crippen MR) is 137 cm³/mol. The fourth-order valence-corrected chi connectivity index (χ4v) is 4.83. The normalized spacial score (nSPS) is 20.9. The largest absolute Gasteiger partial charge is 0.395 e. The molecule has 3 aromatic heterocycles. The van der Waals surface area contributed by atoms with Crippen LogP contribution in [-0.2, 0) is 9.53 Å². The molecule has 1 atom stereocenters. The number of nitrogens with zero attached hydrogens (tertiary/aromatic N) is 4. The molecule has 190 valence electrons. The molecule has 0 aromatic carbocycles. The van der Waals surface area contributed by atoms with E-state index in [0.717, 1.165) is 43.4 Å². The number of aromatic nitrogens is 4. The summed E-state index contributed by atoms with van der Waals surface area (Å²) in [7, 11) is 0. The van der Waals surface area contributed by atoms with Crippen molar-refractivity contribution in [3.05, 3.63) is 47.5 Å². The lowest BCUT2D eigenvalue weighted by Gasteiger charge is -2.29. The van der Waals surface area contributed by atoms with Crippen molar-refractivity contribution >= 4 is 40.2 Å². The topological polar surface area (TPSA) is 134 Å². The van der Waals surface area contributed by atoms with Gasteiger partial charge in [0.25, 0.3) is 0 Å². The Morgan fingerprint density at radius 2 is 1.86 bits per heavy atom. The van der Waals surface area contributed by atoms with E-state index in [1.807, 2.05) is 18.2 Å². The number of anilines is 2. The van der Waals surface area contributed by atoms with Crippen molar-refractivity contribution in [2.75, 3.05) is 37.0 Å². The maximum absolute atomic E-state index is 12.4. The highest BCUT2D eigenvalue weighted by Gasteiger charge is 2.27. The summed E-state index contributed by atoms with van der Waals surface area (Å²) >= 11 is 6.20. The molecule has 0 unspecified atom stereocenters. The summed E-state index contributed by atoms with van der Waals surface area (Å²) in [6.07, 6.45) is 9.15. The van der Waals surface area contributed by atoms with Crippen molar-refractivity contribution in [2.45, 2.75) is 43.7 Å². The number of pyridine rings is 2. The highest BCUT2D eigenvalue weighted by atomic mass is 35.5. The molecular weight excluding hydrogens is 482 g/mol. The summed E-state index contributed by atoms with van der Waals surface area (Å²) in [4.78, 5) is 29.9. The fraction of sp³-hybridized carbons (Fsp3) is 0.480. The molecule has 1 saturated heterocycles. The molecule has 0 radical (unpaired) electrons. The molecule has 4 heterocycles. The fourth-order valence-electron chi connectivity index (χ4n) is 4.62. The van der Waals surface area contributed by atoms with Crippen LogP contribution in [-0.4, -0.2) is 69.4 Å². The smallest absolute Gasteiger partial charge is 0.230 e. The summed E-state index contributed by atoms with van der Waals surface area (Å²) < 4.78 is 5.07. The summed E-state index contributed by atoms with van der Waals surface area (Å²) in [5.41, 5.74) is 1.30. The van der Waals surface area contributed by atoms with Crippen molar-refractivity contribution in [1.82, 2.24) is 25.3 Å². The number of carbonyl (C=O) groups is 1. The minimum atomic E-state index is -0.688. The first-order chi connectivity index (χ1) is 17.6. The van der Waals surface area contributed by atoms with Crippen LogP contribution in [0.15, 0.2) is 36.8 Å². The van der Waals surface area contributed by atoms with Gasteiger partial charge in [0.05, 0.1) is 31.8 Å². The zero-order chi connectivity index (χ0) is 24.9. The average Bonchev–Trinajstić information content (AvgIpc) is 2.87. The van der Waals surface area contributed by atoms with E-state index in [9.17, 15) is 9.90 Å². The maximum Gasteiger partial charge on any atom is 0.230 e. The van der Waals surface area contributed by atoms with E-state index in [-0.39, 0.29) is 18.6 Å². The van der Waals surface area contributed by atoms with Crippen LogP contribution < -0.4 is 16.0 Å². The van der Waals surface area contributed by atoms with Crippen molar-refractivity contribution in [3.63, 3.8) is 0 Å². The van der Waals surface area contributed by atoms with E-state index in [1.54, 1.807) is 18.6 Å². The standard InChI is InChI=1S/C25H30ClN7O3/c26-23-22-16(7-8-27-23)3-6-21(33-22)31-18-4-1-15(2-5-18)9-28-25-29-10-17(11-30-25)20(12-34)24(35)32-19-13-36-14-19/h3,6-8,10-11,15,18-20,34H,1-2,4-5,9,12-14H2,(H,31,33)(H,32,35)(H,28,29,30)/t15-,18-,20-/m1/s1. The molecule has 3 aromatic rings. The molecule has 5 rings (SSSR count). The lowest BCUT2D eigenvalue weighted by Crippen LogP contribution is -2.50. The van der Waals surface area contributed by atoms with Crippen LogP contribution in [0.2, 0.25) is 5.15 Å². The first-order valence-electron chi connectivity index (χ1n) is 12.3. The third-order valence-electron chi connectivity index (χ3n) is 6.87. The number of aliphatic hydroxyl groups is 1. The van der Waals surface area contributed by atoms with Gasteiger partial charge in [-0.05, 0) is 49.8 Å². The number of rotatable bonds is 9. The summed E-state index contributed by atoms with van der Waals surface area (Å²) in [5.74, 6) is 0.943. The Bertz CT molecular complexity index is 1180. The Morgan fingerprint density at radius 3 is 2.56 bits per heavy atom. The van der Waals surface area contributed by atoms with Crippen molar-refractivity contribution < 1.29 is 14.6 Å². The molecule has 2 aliphatic rings. The molecule has 1 aliphatic carbocycles. The molecule has 0 bridgehead atoms. The molecular formula is C25H30ClN7O3. The van der Waals surface area contributed by atoms with Gasteiger partial charge in [-0.1, -0.05) is 11.6 Å². The van der Waals surface area contributed by atoms with Crippen LogP contribution in [0, 0.1) is 5.92 Å². The zero-order valence-electron chi connectivity index (χ0n) is 19.9. The lowest BCUT2D eigenvalue weighted by molar-refractivity contribution is -0.127. The predicted octanol–water partition coefficient (Wildman–Crippen LogP) is 2.75. The molecule has 1 amide bonds. The van der Waals surface area contributed by atoms with E-state index < -0.39 is 5.92 Å². The minimum absolute atomic E-state index is 0.0123. The van der Waals surface area contributed by atoms with Gasteiger partial charge < -0.3 is 25.8 Å². The Hall–Kier alpha value is -3.08. The van der Waals surface area contributed by atoms with Gasteiger partial charge >= 0.3 is 0 Å². The van der Waals surface area contributed by atoms with Crippen LogP contribution in [0.3, 0.4) is 0 Å². The van der Waals surface area contributed by atoms with Gasteiger partial charge in [-0.2, -0.15) is 0 Å². The second-order valence-corrected chi connectivity index (χ2v) is 9.79. The SMILES string of the molecule is O=C(NC1COC1)[C@H](CO)c1cnc(NC[C@H]2CC[C@H](Nc3ccc4ccnc(Cl)c4n3)CC2)nc1. The van der Waals surface area contributed by atoms with Crippen molar-refractivity contribution in [1.29, 1.82) is 0 Å². The van der Waals surface area contributed by atoms with Crippen LogP contribution in [0.4, 0.5) is 11.8 Å². The molecule has 1 aliphatic heterocycles. The Labute approximate surface area is 214 Å². The minimum Gasteiger partial charge on any atom is -0.395 e. The monoisotopic (exact) mass is 511 g/mol. The summed E-state index contributed by atoms with van der Waals surface area (Å²) in [6.45, 7) is 1.50. The van der Waals surface area contributed by atoms with Gasteiger partial charge in [-0.3, -0.25) is 4.79 Å². The lowest BCUT2D eigenvalue weighted by atomic mass is 9.86.